The number of rotatable bonds is 0. The highest BCUT2D eigenvalue weighted by molar-refractivity contribution is 8.00. The van der Waals surface area contributed by atoms with Crippen LogP contribution in [0.4, 0.5) is 5.69 Å². The third-order valence-electron chi connectivity index (χ3n) is 2.77. The number of anilines is 1. The third kappa shape index (κ3) is 1.04. The molecule has 0 bridgehead atoms. The van der Waals surface area contributed by atoms with Crippen molar-refractivity contribution in [1.82, 2.24) is 0 Å². The van der Waals surface area contributed by atoms with Gasteiger partial charge in [-0.1, -0.05) is 36.4 Å². The Labute approximate surface area is 87.7 Å². The van der Waals surface area contributed by atoms with Gasteiger partial charge in [0.25, 0.3) is 0 Å². The maximum Gasteiger partial charge on any atom is 0.0455 e. The van der Waals surface area contributed by atoms with Crippen LogP contribution in [0.3, 0.4) is 0 Å². The Hall–Kier alpha value is -1.15. The second-order valence-electron chi connectivity index (χ2n) is 3.64. The molecule has 1 aromatic carbocycles. The molecular weight excluding hydrogens is 190 g/mol. The van der Waals surface area contributed by atoms with Crippen molar-refractivity contribution in [2.24, 2.45) is 0 Å². The van der Waals surface area contributed by atoms with E-state index in [0.29, 0.717) is 11.2 Å². The Bertz CT molecular complexity index is 434. The second-order valence-corrected chi connectivity index (χ2v) is 4.83. The number of nitrogens with two attached hydrogens (primary N) is 1. The van der Waals surface area contributed by atoms with E-state index in [1.165, 1.54) is 10.5 Å². The summed E-state index contributed by atoms with van der Waals surface area (Å²) < 4.78 is 0. The van der Waals surface area contributed by atoms with E-state index in [1.807, 2.05) is 23.9 Å². The fourth-order valence-electron chi connectivity index (χ4n) is 2.09. The van der Waals surface area contributed by atoms with Crippen LogP contribution in [0.25, 0.3) is 0 Å². The van der Waals surface area contributed by atoms with Crippen molar-refractivity contribution < 1.29 is 0 Å². The Morgan fingerprint density at radius 2 is 2.00 bits per heavy atom. The number of fused-ring (bicyclic) bond motifs is 3. The molecule has 2 aliphatic rings. The Morgan fingerprint density at radius 1 is 1.14 bits per heavy atom. The van der Waals surface area contributed by atoms with Gasteiger partial charge >= 0.3 is 0 Å². The van der Waals surface area contributed by atoms with Crippen LogP contribution >= 0.6 is 11.8 Å². The summed E-state index contributed by atoms with van der Waals surface area (Å²) in [6.45, 7) is 0. The molecule has 1 nitrogen and oxygen atoms in total. The molecule has 0 spiro atoms. The smallest absolute Gasteiger partial charge is 0.0455 e. The molecule has 2 heteroatoms. The molecule has 0 amide bonds. The first-order chi connectivity index (χ1) is 6.86. The fourth-order valence-corrected chi connectivity index (χ4v) is 3.46. The van der Waals surface area contributed by atoms with Crippen LogP contribution in [0.1, 0.15) is 11.5 Å². The number of nitrogen functional groups attached to an aromatic ring is 1. The zero-order valence-corrected chi connectivity index (χ0v) is 8.50. The first-order valence-corrected chi connectivity index (χ1v) is 5.64. The van der Waals surface area contributed by atoms with Crippen LogP contribution < -0.4 is 5.73 Å². The van der Waals surface area contributed by atoms with Crippen LogP contribution in [0, 0.1) is 0 Å². The van der Waals surface area contributed by atoms with Gasteiger partial charge in [-0.25, -0.2) is 0 Å². The van der Waals surface area contributed by atoms with E-state index in [4.69, 9.17) is 5.73 Å². The number of hydrogen-bond acceptors (Lipinski definition) is 2. The number of thioether (sulfide) groups is 1. The maximum atomic E-state index is 5.96. The average Bonchev–Trinajstić information content (AvgIpc) is 2.59. The normalized spacial score (nSPS) is 27.4. The minimum absolute atomic E-state index is 0.531. The first kappa shape index (κ1) is 8.18. The summed E-state index contributed by atoms with van der Waals surface area (Å²) >= 11 is 1.88. The van der Waals surface area contributed by atoms with Gasteiger partial charge in [0.05, 0.1) is 0 Å². The van der Waals surface area contributed by atoms with E-state index >= 15 is 0 Å². The summed E-state index contributed by atoms with van der Waals surface area (Å²) in [4.78, 5) is 1.28. The number of allylic oxidation sites excluding steroid dienone is 3. The van der Waals surface area contributed by atoms with Gasteiger partial charge in [-0.3, -0.25) is 0 Å². The molecule has 1 aliphatic heterocycles. The van der Waals surface area contributed by atoms with Crippen LogP contribution in [-0.2, 0) is 0 Å². The SMILES string of the molecule is Nc1cccc2c1SC1C=CC=CC21. The Balaban J connectivity index is 2.15. The van der Waals surface area contributed by atoms with Crippen LogP contribution in [0.5, 0.6) is 0 Å². The van der Waals surface area contributed by atoms with Gasteiger partial charge in [0.2, 0.25) is 0 Å². The van der Waals surface area contributed by atoms with Gasteiger partial charge in [0.15, 0.2) is 0 Å². The van der Waals surface area contributed by atoms with E-state index in [1.54, 1.807) is 0 Å². The van der Waals surface area contributed by atoms with Crippen LogP contribution in [0.15, 0.2) is 47.4 Å². The van der Waals surface area contributed by atoms with Crippen molar-refractivity contribution in [3.63, 3.8) is 0 Å². The van der Waals surface area contributed by atoms with E-state index in [9.17, 15) is 0 Å². The molecule has 2 atom stereocenters. The number of hydrogen-bond donors (Lipinski definition) is 1. The molecule has 3 rings (SSSR count). The quantitative estimate of drug-likeness (QED) is 0.653. The highest BCUT2D eigenvalue weighted by atomic mass is 32.2. The van der Waals surface area contributed by atoms with Gasteiger partial charge in [-0.05, 0) is 11.6 Å². The minimum atomic E-state index is 0.531. The molecule has 0 fully saturated rings. The largest absolute Gasteiger partial charge is 0.398 e. The molecule has 2 N–H and O–H groups in total. The molecule has 14 heavy (non-hydrogen) atoms. The van der Waals surface area contributed by atoms with Crippen molar-refractivity contribution in [2.45, 2.75) is 16.1 Å². The van der Waals surface area contributed by atoms with Gasteiger partial charge in [0.1, 0.15) is 0 Å². The van der Waals surface area contributed by atoms with Crippen LogP contribution in [-0.4, -0.2) is 5.25 Å². The molecule has 70 valence electrons. The highest BCUT2D eigenvalue weighted by Gasteiger charge is 2.31. The van der Waals surface area contributed by atoms with E-state index in [0.717, 1.165) is 5.69 Å². The van der Waals surface area contributed by atoms with Crippen molar-refractivity contribution in [3.05, 3.63) is 48.1 Å². The lowest BCUT2D eigenvalue weighted by atomic mass is 9.92. The lowest BCUT2D eigenvalue weighted by Gasteiger charge is -2.14. The molecule has 1 aromatic rings. The highest BCUT2D eigenvalue weighted by Crippen LogP contribution is 2.50. The standard InChI is InChI=1S/C12H11NS/c13-10-6-3-5-9-8-4-1-2-7-11(8)14-12(9)10/h1-8,11H,13H2. The lowest BCUT2D eigenvalue weighted by molar-refractivity contribution is 0.882. The molecule has 0 saturated heterocycles. The molecule has 0 radical (unpaired) electrons. The van der Waals surface area contributed by atoms with Crippen molar-refractivity contribution in [2.75, 3.05) is 5.73 Å². The molecular formula is C12H11NS. The van der Waals surface area contributed by atoms with Crippen LogP contribution in [0.2, 0.25) is 0 Å². The summed E-state index contributed by atoms with van der Waals surface area (Å²) in [5, 5.41) is 0.555. The van der Waals surface area contributed by atoms with Gasteiger partial charge < -0.3 is 5.73 Å². The first-order valence-electron chi connectivity index (χ1n) is 4.76. The lowest BCUT2D eigenvalue weighted by Crippen LogP contribution is -2.06. The fraction of sp³-hybridized carbons (Fsp3) is 0.167. The summed E-state index contributed by atoms with van der Waals surface area (Å²) in [5.74, 6) is 0.531. The zero-order chi connectivity index (χ0) is 9.54. The topological polar surface area (TPSA) is 26.0 Å². The van der Waals surface area contributed by atoms with E-state index < -0.39 is 0 Å². The predicted octanol–water partition coefficient (Wildman–Crippen LogP) is 2.95. The van der Waals surface area contributed by atoms with E-state index in [2.05, 4.69) is 30.4 Å². The van der Waals surface area contributed by atoms with Crippen molar-refractivity contribution in [3.8, 4) is 0 Å². The van der Waals surface area contributed by atoms with Gasteiger partial charge in [-0.2, -0.15) is 0 Å². The molecule has 0 aromatic heterocycles. The van der Waals surface area contributed by atoms with Gasteiger partial charge in [0, 0.05) is 21.8 Å². The Morgan fingerprint density at radius 3 is 2.93 bits per heavy atom. The minimum Gasteiger partial charge on any atom is -0.398 e. The van der Waals surface area contributed by atoms with Crippen molar-refractivity contribution in [1.29, 1.82) is 0 Å². The monoisotopic (exact) mass is 201 g/mol. The second kappa shape index (κ2) is 2.92. The molecule has 1 heterocycles. The average molecular weight is 201 g/mol. The van der Waals surface area contributed by atoms with Gasteiger partial charge in [-0.15, -0.1) is 11.8 Å². The molecule has 0 saturated carbocycles. The van der Waals surface area contributed by atoms with Crippen molar-refractivity contribution >= 4 is 17.4 Å². The predicted molar refractivity (Wildman–Crippen MR) is 61.5 cm³/mol. The third-order valence-corrected chi connectivity index (χ3v) is 4.20. The Kier molecular flexibility index (Phi) is 1.71. The summed E-state index contributed by atoms with van der Waals surface area (Å²) in [6.07, 6.45) is 8.77. The number of benzene rings is 1. The molecule has 1 aliphatic carbocycles. The van der Waals surface area contributed by atoms with E-state index in [-0.39, 0.29) is 0 Å². The zero-order valence-electron chi connectivity index (χ0n) is 7.68. The summed E-state index contributed by atoms with van der Waals surface area (Å²) in [6, 6.07) is 6.22. The summed E-state index contributed by atoms with van der Waals surface area (Å²) in [7, 11) is 0. The maximum absolute atomic E-state index is 5.96. The summed E-state index contributed by atoms with van der Waals surface area (Å²) in [5.41, 5.74) is 8.27. The molecule has 2 unspecified atom stereocenters.